The number of carbonyl (C=O) groups is 6. The number of hydrogen-bond acceptors (Lipinski definition) is 10. The van der Waals surface area contributed by atoms with E-state index < -0.39 is 5.97 Å². The van der Waals surface area contributed by atoms with E-state index in [-0.39, 0.29) is 81.8 Å². The topological polar surface area (TPSA) is 220 Å². The minimum absolute atomic E-state index is 0.0101. The molecular weight excluding hydrogens is 762 g/mol. The minimum Gasteiger partial charge on any atom is -0.481 e. The van der Waals surface area contributed by atoms with Gasteiger partial charge >= 0.3 is 5.97 Å². The van der Waals surface area contributed by atoms with Crippen LogP contribution in [0.2, 0.25) is 0 Å². The highest BCUT2D eigenvalue weighted by Gasteiger charge is 2.10. The SMILES string of the molecule is CCCCNC(=O)CCC(C)NC(=O)COCCOCCNC(=O)COCCOCCNC(=O)CCCNC(=O)CCCCCCCCCCCCCCCCC(=O)O. The Labute approximate surface area is 354 Å². The molecule has 0 bridgehead atoms. The zero-order valence-electron chi connectivity index (χ0n) is 36.6. The summed E-state index contributed by atoms with van der Waals surface area (Å²) in [4.78, 5) is 70.3. The maximum Gasteiger partial charge on any atom is 0.303 e. The van der Waals surface area contributed by atoms with Crippen molar-refractivity contribution < 1.29 is 52.8 Å². The zero-order chi connectivity index (χ0) is 43.4. The molecule has 0 saturated carbocycles. The standard InChI is InChI=1S/C43H81N5O11/c1-3-4-25-44-40(51)24-23-37(2)48-42(53)36-59-34-32-57-30-28-47-41(52)35-58-33-31-56-29-27-46-39(50)21-19-26-45-38(49)20-17-15-13-11-9-7-5-6-8-10-12-14-16-18-22-43(54)55/h37H,3-36H2,1-2H3,(H,44,51)(H,45,49)(H,46,50)(H,47,52)(H,48,53)(H,54,55). The van der Waals surface area contributed by atoms with E-state index in [9.17, 15) is 28.8 Å². The molecule has 0 spiro atoms. The number of unbranched alkanes of at least 4 members (excludes halogenated alkanes) is 14. The first-order valence-corrected chi connectivity index (χ1v) is 22.5. The molecule has 6 N–H and O–H groups in total. The molecular formula is C43H81N5O11. The Hall–Kier alpha value is -3.34. The van der Waals surface area contributed by atoms with Crippen LogP contribution in [0.5, 0.6) is 0 Å². The van der Waals surface area contributed by atoms with Crippen molar-refractivity contribution in [2.45, 2.75) is 161 Å². The first kappa shape index (κ1) is 55.7. The summed E-state index contributed by atoms with van der Waals surface area (Å²) >= 11 is 0. The molecule has 59 heavy (non-hydrogen) atoms. The van der Waals surface area contributed by atoms with Gasteiger partial charge in [0, 0.05) is 57.9 Å². The number of aliphatic carboxylic acids is 1. The first-order valence-electron chi connectivity index (χ1n) is 22.5. The monoisotopic (exact) mass is 844 g/mol. The molecule has 0 aromatic heterocycles. The summed E-state index contributed by atoms with van der Waals surface area (Å²) in [5, 5.41) is 22.7. The van der Waals surface area contributed by atoms with E-state index in [4.69, 9.17) is 24.1 Å². The smallest absolute Gasteiger partial charge is 0.303 e. The summed E-state index contributed by atoms with van der Waals surface area (Å²) in [6.07, 6.45) is 20.7. The summed E-state index contributed by atoms with van der Waals surface area (Å²) in [6, 6.07) is -0.134. The normalized spacial score (nSPS) is 11.5. The molecule has 0 radical (unpaired) electrons. The number of nitrogens with one attached hydrogen (secondary N) is 5. The molecule has 16 nitrogen and oxygen atoms in total. The molecule has 5 amide bonds. The molecule has 0 aliphatic carbocycles. The molecule has 0 aliphatic rings. The van der Waals surface area contributed by atoms with E-state index in [1.807, 2.05) is 6.92 Å². The Bertz CT molecular complexity index is 1080. The van der Waals surface area contributed by atoms with Crippen molar-refractivity contribution in [1.82, 2.24) is 26.6 Å². The van der Waals surface area contributed by atoms with Crippen molar-refractivity contribution in [3.8, 4) is 0 Å². The zero-order valence-corrected chi connectivity index (χ0v) is 36.6. The summed E-state index contributed by atoms with van der Waals surface area (Å²) in [5.41, 5.74) is 0. The second kappa shape index (κ2) is 42.8. The third kappa shape index (κ3) is 44.1. The fourth-order valence-electron chi connectivity index (χ4n) is 5.91. The lowest BCUT2D eigenvalue weighted by Gasteiger charge is -2.14. The van der Waals surface area contributed by atoms with E-state index in [1.165, 1.54) is 51.4 Å². The molecule has 0 aliphatic heterocycles. The van der Waals surface area contributed by atoms with E-state index in [2.05, 4.69) is 33.5 Å². The average Bonchev–Trinajstić information content (AvgIpc) is 3.20. The van der Waals surface area contributed by atoms with Gasteiger partial charge in [0.2, 0.25) is 29.5 Å². The average molecular weight is 844 g/mol. The maximum absolute atomic E-state index is 12.1. The predicted molar refractivity (Wildman–Crippen MR) is 228 cm³/mol. The van der Waals surface area contributed by atoms with E-state index >= 15 is 0 Å². The number of carboxylic acids is 1. The van der Waals surface area contributed by atoms with Crippen LogP contribution in [0.4, 0.5) is 0 Å². The third-order valence-electron chi connectivity index (χ3n) is 9.36. The second-order valence-corrected chi connectivity index (χ2v) is 15.0. The Morgan fingerprint density at radius 3 is 1.32 bits per heavy atom. The number of hydrogen-bond donors (Lipinski definition) is 6. The van der Waals surface area contributed by atoms with Crippen molar-refractivity contribution in [1.29, 1.82) is 0 Å². The van der Waals surface area contributed by atoms with Crippen LogP contribution in [0.3, 0.4) is 0 Å². The lowest BCUT2D eigenvalue weighted by atomic mass is 10.0. The van der Waals surface area contributed by atoms with E-state index in [0.29, 0.717) is 71.3 Å². The van der Waals surface area contributed by atoms with Gasteiger partial charge in [-0.05, 0) is 39.0 Å². The van der Waals surface area contributed by atoms with Gasteiger partial charge in [-0.2, -0.15) is 0 Å². The molecule has 0 rings (SSSR count). The third-order valence-corrected chi connectivity index (χ3v) is 9.36. The molecule has 0 fully saturated rings. The highest BCUT2D eigenvalue weighted by Crippen LogP contribution is 2.14. The number of carbonyl (C=O) groups excluding carboxylic acids is 5. The van der Waals surface area contributed by atoms with Crippen LogP contribution in [-0.2, 0) is 47.7 Å². The van der Waals surface area contributed by atoms with Crippen LogP contribution in [-0.4, -0.2) is 126 Å². The van der Waals surface area contributed by atoms with Crippen LogP contribution in [0.15, 0.2) is 0 Å². The summed E-state index contributed by atoms with van der Waals surface area (Å²) in [6.45, 7) is 7.16. The molecule has 0 heterocycles. The minimum atomic E-state index is -0.696. The van der Waals surface area contributed by atoms with Crippen molar-refractivity contribution in [3.05, 3.63) is 0 Å². The predicted octanol–water partition coefficient (Wildman–Crippen LogP) is 4.71. The van der Waals surface area contributed by atoms with Crippen LogP contribution >= 0.6 is 0 Å². The Kier molecular flexibility index (Phi) is 40.4. The second-order valence-electron chi connectivity index (χ2n) is 15.0. The molecule has 0 saturated heterocycles. The largest absolute Gasteiger partial charge is 0.481 e. The Morgan fingerprint density at radius 1 is 0.424 bits per heavy atom. The number of carboxylic acid groups (broad SMARTS) is 1. The van der Waals surface area contributed by atoms with Gasteiger partial charge in [-0.1, -0.05) is 90.4 Å². The van der Waals surface area contributed by atoms with Crippen LogP contribution < -0.4 is 26.6 Å². The van der Waals surface area contributed by atoms with Crippen molar-refractivity contribution in [2.24, 2.45) is 0 Å². The van der Waals surface area contributed by atoms with Crippen LogP contribution in [0, 0.1) is 0 Å². The highest BCUT2D eigenvalue weighted by atomic mass is 16.5. The van der Waals surface area contributed by atoms with E-state index in [0.717, 1.165) is 51.4 Å². The number of ether oxygens (including phenoxy) is 4. The maximum atomic E-state index is 12.1. The fraction of sp³-hybridized carbons (Fsp3) is 0.860. The Morgan fingerprint density at radius 2 is 0.814 bits per heavy atom. The van der Waals surface area contributed by atoms with E-state index in [1.54, 1.807) is 0 Å². The van der Waals surface area contributed by atoms with Crippen molar-refractivity contribution in [3.63, 3.8) is 0 Å². The fourth-order valence-corrected chi connectivity index (χ4v) is 5.91. The van der Waals surface area contributed by atoms with Gasteiger partial charge in [-0.15, -0.1) is 0 Å². The van der Waals surface area contributed by atoms with Gasteiger partial charge in [-0.25, -0.2) is 0 Å². The van der Waals surface area contributed by atoms with Crippen molar-refractivity contribution in [2.75, 3.05) is 79.0 Å². The van der Waals surface area contributed by atoms with Gasteiger partial charge in [0.15, 0.2) is 0 Å². The molecule has 1 unspecified atom stereocenters. The van der Waals surface area contributed by atoms with Gasteiger partial charge < -0.3 is 50.6 Å². The summed E-state index contributed by atoms with van der Waals surface area (Å²) in [7, 11) is 0. The van der Waals surface area contributed by atoms with Gasteiger partial charge in [0.1, 0.15) is 13.2 Å². The molecule has 0 aromatic carbocycles. The molecule has 344 valence electrons. The van der Waals surface area contributed by atoms with Gasteiger partial charge in [0.05, 0.1) is 39.6 Å². The molecule has 0 aromatic rings. The summed E-state index contributed by atoms with van der Waals surface area (Å²) in [5.74, 6) is -1.29. The number of amides is 5. The van der Waals surface area contributed by atoms with Crippen LogP contribution in [0.25, 0.3) is 0 Å². The molecule has 16 heteroatoms. The van der Waals surface area contributed by atoms with Crippen molar-refractivity contribution >= 4 is 35.5 Å². The highest BCUT2D eigenvalue weighted by molar-refractivity contribution is 5.78. The summed E-state index contributed by atoms with van der Waals surface area (Å²) < 4.78 is 21.5. The van der Waals surface area contributed by atoms with Gasteiger partial charge in [-0.3, -0.25) is 28.8 Å². The van der Waals surface area contributed by atoms with Gasteiger partial charge in [0.25, 0.3) is 0 Å². The number of rotatable bonds is 44. The lowest BCUT2D eigenvalue weighted by Crippen LogP contribution is -2.36. The lowest BCUT2D eigenvalue weighted by molar-refractivity contribution is -0.137. The van der Waals surface area contributed by atoms with Crippen LogP contribution in [0.1, 0.15) is 155 Å². The molecule has 1 atom stereocenters. The Balaban J connectivity index is 3.44. The quantitative estimate of drug-likeness (QED) is 0.0462. The first-order chi connectivity index (χ1) is 28.6.